The topological polar surface area (TPSA) is 80.9 Å². The lowest BCUT2D eigenvalue weighted by molar-refractivity contribution is 1.04. The van der Waals surface area contributed by atoms with E-state index in [-0.39, 0.29) is 0 Å². The number of hydrogen-bond donors (Lipinski definition) is 1. The Kier molecular flexibility index (Phi) is 4.38. The van der Waals surface area contributed by atoms with Gasteiger partial charge in [0.05, 0.1) is 11.4 Å². The third-order valence-electron chi connectivity index (χ3n) is 4.51. The van der Waals surface area contributed by atoms with Crippen molar-refractivity contribution in [2.75, 3.05) is 5.32 Å². The van der Waals surface area contributed by atoms with E-state index in [2.05, 4.69) is 20.3 Å². The Morgan fingerprint density at radius 1 is 0.793 bits per heavy atom. The van der Waals surface area contributed by atoms with Crippen molar-refractivity contribution in [3.63, 3.8) is 0 Å². The second-order valence-corrected chi connectivity index (χ2v) is 6.43. The molecule has 1 N–H and O–H groups in total. The Morgan fingerprint density at radius 3 is 2.62 bits per heavy atom. The van der Waals surface area contributed by atoms with Gasteiger partial charge in [0, 0.05) is 37.5 Å². The van der Waals surface area contributed by atoms with Gasteiger partial charge in [0.2, 0.25) is 5.95 Å². The van der Waals surface area contributed by atoms with Crippen LogP contribution in [0.2, 0.25) is 0 Å². The van der Waals surface area contributed by atoms with Gasteiger partial charge in [0.15, 0.2) is 0 Å². The molecule has 0 aliphatic rings. The fourth-order valence-electron chi connectivity index (χ4n) is 3.18. The van der Waals surface area contributed by atoms with Crippen molar-refractivity contribution in [2.45, 2.75) is 6.54 Å². The second kappa shape index (κ2) is 7.47. The van der Waals surface area contributed by atoms with Crippen LogP contribution in [0.5, 0.6) is 0 Å². The van der Waals surface area contributed by atoms with E-state index in [1.807, 2.05) is 71.4 Å². The van der Waals surface area contributed by atoms with Crippen molar-refractivity contribution < 1.29 is 0 Å². The molecule has 0 unspecified atom stereocenters. The van der Waals surface area contributed by atoms with Gasteiger partial charge < -0.3 is 5.32 Å². The summed E-state index contributed by atoms with van der Waals surface area (Å²) < 4.78 is 2.03. The zero-order valence-corrected chi connectivity index (χ0v) is 15.5. The molecule has 7 nitrogen and oxygen atoms in total. The molecule has 5 rings (SSSR count). The third-order valence-corrected chi connectivity index (χ3v) is 4.51. The van der Waals surface area contributed by atoms with Crippen molar-refractivity contribution in [3.05, 3.63) is 91.1 Å². The Balaban J connectivity index is 1.57. The van der Waals surface area contributed by atoms with E-state index in [1.54, 1.807) is 18.6 Å². The molecule has 0 fully saturated rings. The number of anilines is 1. The average molecular weight is 379 g/mol. The predicted octanol–water partition coefficient (Wildman–Crippen LogP) is 3.86. The van der Waals surface area contributed by atoms with Gasteiger partial charge in [-0.1, -0.05) is 18.2 Å². The summed E-state index contributed by atoms with van der Waals surface area (Å²) in [6.07, 6.45) is 9.07. The van der Waals surface area contributed by atoms with Crippen LogP contribution < -0.4 is 5.32 Å². The molecule has 0 saturated carbocycles. The highest BCUT2D eigenvalue weighted by atomic mass is 15.1. The summed E-state index contributed by atoms with van der Waals surface area (Å²) in [4.78, 5) is 22.5. The average Bonchev–Trinajstić information content (AvgIpc) is 3.19. The van der Waals surface area contributed by atoms with Crippen molar-refractivity contribution in [2.24, 2.45) is 0 Å². The lowest BCUT2D eigenvalue weighted by atomic mass is 10.2. The van der Waals surface area contributed by atoms with Crippen molar-refractivity contribution in [1.82, 2.24) is 29.3 Å². The molecule has 5 aromatic rings. The fourth-order valence-corrected chi connectivity index (χ4v) is 3.18. The van der Waals surface area contributed by atoms with E-state index in [9.17, 15) is 0 Å². The van der Waals surface area contributed by atoms with Gasteiger partial charge >= 0.3 is 0 Å². The highest BCUT2D eigenvalue weighted by Gasteiger charge is 2.18. The molecular weight excluding hydrogens is 362 g/mol. The Labute approximate surface area is 167 Å². The summed E-state index contributed by atoms with van der Waals surface area (Å²) >= 11 is 0. The summed E-state index contributed by atoms with van der Waals surface area (Å²) in [7, 11) is 0. The third kappa shape index (κ3) is 3.41. The van der Waals surface area contributed by atoms with E-state index in [1.165, 1.54) is 0 Å². The first-order valence-electron chi connectivity index (χ1n) is 9.23. The van der Waals surface area contributed by atoms with Gasteiger partial charge in [-0.25, -0.2) is 15.0 Å². The minimum absolute atomic E-state index is 0.546. The largest absolute Gasteiger partial charge is 0.350 e. The summed E-state index contributed by atoms with van der Waals surface area (Å²) in [5.74, 6) is 0.546. The molecular formula is C22H17N7. The highest BCUT2D eigenvalue weighted by molar-refractivity contribution is 5.79. The monoisotopic (exact) mass is 379 g/mol. The molecule has 0 radical (unpaired) electrons. The molecule has 29 heavy (non-hydrogen) atoms. The normalized spacial score (nSPS) is 10.9. The summed E-state index contributed by atoms with van der Waals surface area (Å²) in [6.45, 7) is 0.595. The SMILES string of the molecule is c1ccc(-c2nc3ccccn3c2-c2ccnc(NCc3cccnc3)n2)nc1. The number of pyridine rings is 3. The Bertz CT molecular complexity index is 1250. The van der Waals surface area contributed by atoms with Crippen LogP contribution in [0, 0.1) is 0 Å². The number of nitrogens with one attached hydrogen (secondary N) is 1. The van der Waals surface area contributed by atoms with Gasteiger partial charge in [-0.15, -0.1) is 0 Å². The molecule has 0 saturated heterocycles. The standard InChI is InChI=1S/C22H17N7/c1-3-11-24-17(7-1)20-21(29-13-4-2-8-19(29)28-20)18-9-12-25-22(27-18)26-15-16-6-5-10-23-14-16/h1-14H,15H2,(H,25,26,27). The summed E-state index contributed by atoms with van der Waals surface area (Å²) in [6, 6.07) is 17.5. The number of aromatic nitrogens is 6. The molecule has 0 bridgehead atoms. The summed E-state index contributed by atoms with van der Waals surface area (Å²) in [5, 5.41) is 3.26. The van der Waals surface area contributed by atoms with E-state index < -0.39 is 0 Å². The maximum absolute atomic E-state index is 4.79. The van der Waals surface area contributed by atoms with Crippen molar-refractivity contribution in [3.8, 4) is 22.8 Å². The number of hydrogen-bond acceptors (Lipinski definition) is 6. The number of fused-ring (bicyclic) bond motifs is 1. The molecule has 7 heteroatoms. The first-order chi connectivity index (χ1) is 14.4. The van der Waals surface area contributed by atoms with Crippen LogP contribution in [-0.4, -0.2) is 29.3 Å². The molecule has 140 valence electrons. The second-order valence-electron chi connectivity index (χ2n) is 6.43. The van der Waals surface area contributed by atoms with Gasteiger partial charge in [-0.3, -0.25) is 14.4 Å². The zero-order valence-electron chi connectivity index (χ0n) is 15.5. The van der Waals surface area contributed by atoms with E-state index >= 15 is 0 Å². The molecule has 5 aromatic heterocycles. The molecule has 0 amide bonds. The molecule has 0 aromatic carbocycles. The van der Waals surface area contributed by atoms with Gasteiger partial charge in [-0.05, 0) is 42.0 Å². The van der Waals surface area contributed by atoms with Crippen LogP contribution in [0.4, 0.5) is 5.95 Å². The van der Waals surface area contributed by atoms with E-state index in [0.717, 1.165) is 34.0 Å². The zero-order chi connectivity index (χ0) is 19.5. The van der Waals surface area contributed by atoms with E-state index in [4.69, 9.17) is 9.97 Å². The fraction of sp³-hybridized carbons (Fsp3) is 0.0455. The van der Waals surface area contributed by atoms with Gasteiger partial charge in [0.25, 0.3) is 0 Å². The number of nitrogens with zero attached hydrogens (tertiary/aromatic N) is 6. The molecule has 5 heterocycles. The van der Waals surface area contributed by atoms with Crippen LogP contribution in [0.15, 0.2) is 85.6 Å². The molecule has 0 spiro atoms. The predicted molar refractivity (Wildman–Crippen MR) is 111 cm³/mol. The minimum Gasteiger partial charge on any atom is -0.350 e. The maximum atomic E-state index is 4.79. The van der Waals surface area contributed by atoms with Gasteiger partial charge in [0.1, 0.15) is 17.0 Å². The molecule has 0 atom stereocenters. The van der Waals surface area contributed by atoms with E-state index in [0.29, 0.717) is 12.5 Å². The first kappa shape index (κ1) is 17.0. The van der Waals surface area contributed by atoms with Crippen LogP contribution in [0.1, 0.15) is 5.56 Å². The minimum atomic E-state index is 0.546. The van der Waals surface area contributed by atoms with Crippen LogP contribution >= 0.6 is 0 Å². The van der Waals surface area contributed by atoms with Crippen LogP contribution in [-0.2, 0) is 6.54 Å². The summed E-state index contributed by atoms with van der Waals surface area (Å²) in [5.41, 5.74) is 5.14. The highest BCUT2D eigenvalue weighted by Crippen LogP contribution is 2.30. The van der Waals surface area contributed by atoms with Crippen LogP contribution in [0.25, 0.3) is 28.4 Å². The lowest BCUT2D eigenvalue weighted by Gasteiger charge is -2.08. The molecule has 0 aliphatic carbocycles. The number of imidazole rings is 1. The quantitative estimate of drug-likeness (QED) is 0.499. The van der Waals surface area contributed by atoms with Crippen molar-refractivity contribution in [1.29, 1.82) is 0 Å². The maximum Gasteiger partial charge on any atom is 0.223 e. The smallest absolute Gasteiger partial charge is 0.223 e. The lowest BCUT2D eigenvalue weighted by Crippen LogP contribution is -2.04. The number of rotatable bonds is 5. The van der Waals surface area contributed by atoms with Crippen molar-refractivity contribution >= 4 is 11.6 Å². The first-order valence-corrected chi connectivity index (χ1v) is 9.23. The Hall–Kier alpha value is -4.13. The van der Waals surface area contributed by atoms with Crippen LogP contribution in [0.3, 0.4) is 0 Å². The van der Waals surface area contributed by atoms with Gasteiger partial charge in [-0.2, -0.15) is 0 Å². The Morgan fingerprint density at radius 2 is 1.76 bits per heavy atom. The molecule has 0 aliphatic heterocycles.